The maximum absolute atomic E-state index is 4.38. The van der Waals surface area contributed by atoms with E-state index in [0.29, 0.717) is 6.04 Å². The van der Waals surface area contributed by atoms with Crippen LogP contribution < -0.4 is 5.32 Å². The predicted octanol–water partition coefficient (Wildman–Crippen LogP) is 1.74. The van der Waals surface area contributed by atoms with Crippen LogP contribution in [0.2, 0.25) is 0 Å². The molecule has 1 unspecified atom stereocenters. The molecule has 0 amide bonds. The van der Waals surface area contributed by atoms with E-state index in [9.17, 15) is 0 Å². The maximum atomic E-state index is 4.38. The lowest BCUT2D eigenvalue weighted by molar-refractivity contribution is 0.0843. The third-order valence-corrected chi connectivity index (χ3v) is 4.15. The molecule has 1 aliphatic rings. The SMILES string of the molecule is Cn1ncnc1CN1CC(C)(C)NCC1c1ccccc1. The van der Waals surface area contributed by atoms with Crippen LogP contribution in [0.3, 0.4) is 0 Å². The van der Waals surface area contributed by atoms with Crippen molar-refractivity contribution in [2.24, 2.45) is 7.05 Å². The molecule has 112 valence electrons. The topological polar surface area (TPSA) is 46.0 Å². The summed E-state index contributed by atoms with van der Waals surface area (Å²) >= 11 is 0. The van der Waals surface area contributed by atoms with Gasteiger partial charge in [-0.05, 0) is 19.4 Å². The van der Waals surface area contributed by atoms with Crippen molar-refractivity contribution in [1.29, 1.82) is 0 Å². The van der Waals surface area contributed by atoms with Gasteiger partial charge in [0.2, 0.25) is 0 Å². The van der Waals surface area contributed by atoms with Crippen LogP contribution >= 0.6 is 0 Å². The first-order chi connectivity index (χ1) is 10.1. The molecule has 1 aromatic heterocycles. The summed E-state index contributed by atoms with van der Waals surface area (Å²) in [6, 6.07) is 11.1. The molecular weight excluding hydrogens is 262 g/mol. The number of piperazine rings is 1. The number of rotatable bonds is 3. The molecule has 3 rings (SSSR count). The molecule has 5 nitrogen and oxygen atoms in total. The Morgan fingerprint density at radius 1 is 1.29 bits per heavy atom. The third kappa shape index (κ3) is 3.14. The number of nitrogens with zero attached hydrogens (tertiary/aromatic N) is 4. The van der Waals surface area contributed by atoms with Crippen LogP contribution in [0.25, 0.3) is 0 Å². The normalized spacial score (nSPS) is 22.3. The van der Waals surface area contributed by atoms with Crippen LogP contribution in [-0.4, -0.2) is 38.3 Å². The van der Waals surface area contributed by atoms with Gasteiger partial charge in [-0.2, -0.15) is 5.10 Å². The molecule has 0 radical (unpaired) electrons. The summed E-state index contributed by atoms with van der Waals surface area (Å²) in [5.74, 6) is 1.01. The monoisotopic (exact) mass is 285 g/mol. The molecule has 1 N–H and O–H groups in total. The van der Waals surface area contributed by atoms with Gasteiger partial charge in [0, 0.05) is 31.7 Å². The van der Waals surface area contributed by atoms with Crippen molar-refractivity contribution in [2.45, 2.75) is 32.0 Å². The van der Waals surface area contributed by atoms with Gasteiger partial charge in [0.1, 0.15) is 12.2 Å². The summed E-state index contributed by atoms with van der Waals surface area (Å²) in [4.78, 5) is 6.87. The minimum absolute atomic E-state index is 0.115. The van der Waals surface area contributed by atoms with Crippen molar-refractivity contribution in [3.05, 3.63) is 48.0 Å². The second-order valence-electron chi connectivity index (χ2n) is 6.40. The van der Waals surface area contributed by atoms with E-state index < -0.39 is 0 Å². The standard InChI is InChI=1S/C16H23N5/c1-16(2)11-21(10-15-17-12-19-20(15)3)14(9-18-16)13-7-5-4-6-8-13/h4-8,12,14,18H,9-11H2,1-3H3. The summed E-state index contributed by atoms with van der Waals surface area (Å²) in [5.41, 5.74) is 1.46. The van der Waals surface area contributed by atoms with Gasteiger partial charge in [0.05, 0.1) is 6.54 Å². The molecule has 1 saturated heterocycles. The van der Waals surface area contributed by atoms with Crippen LogP contribution in [0.15, 0.2) is 36.7 Å². The quantitative estimate of drug-likeness (QED) is 0.933. The van der Waals surface area contributed by atoms with Gasteiger partial charge in [0.15, 0.2) is 0 Å². The molecule has 5 heteroatoms. The summed E-state index contributed by atoms with van der Waals surface area (Å²) in [7, 11) is 1.95. The molecule has 0 aliphatic carbocycles. The zero-order valence-electron chi connectivity index (χ0n) is 13.0. The minimum Gasteiger partial charge on any atom is -0.309 e. The number of nitrogens with one attached hydrogen (secondary N) is 1. The highest BCUT2D eigenvalue weighted by molar-refractivity contribution is 5.21. The predicted molar refractivity (Wildman–Crippen MR) is 82.7 cm³/mol. The van der Waals surface area contributed by atoms with Crippen molar-refractivity contribution >= 4 is 0 Å². The van der Waals surface area contributed by atoms with Gasteiger partial charge >= 0.3 is 0 Å². The molecule has 2 aromatic rings. The van der Waals surface area contributed by atoms with Gasteiger partial charge in [-0.15, -0.1) is 0 Å². The van der Waals surface area contributed by atoms with Gasteiger partial charge in [-0.3, -0.25) is 9.58 Å². The van der Waals surface area contributed by atoms with Crippen LogP contribution in [0.1, 0.15) is 31.3 Å². The van der Waals surface area contributed by atoms with E-state index in [4.69, 9.17) is 0 Å². The Morgan fingerprint density at radius 2 is 2.05 bits per heavy atom. The molecular formula is C16H23N5. The largest absolute Gasteiger partial charge is 0.309 e. The zero-order chi connectivity index (χ0) is 14.9. The second-order valence-corrected chi connectivity index (χ2v) is 6.40. The highest BCUT2D eigenvalue weighted by Crippen LogP contribution is 2.28. The van der Waals surface area contributed by atoms with Crippen LogP contribution in [-0.2, 0) is 13.6 Å². The summed E-state index contributed by atoms with van der Waals surface area (Å²) in [6.45, 7) is 7.26. The van der Waals surface area contributed by atoms with Gasteiger partial charge < -0.3 is 5.32 Å². The Bertz CT molecular complexity index is 590. The number of aryl methyl sites for hydroxylation is 1. The van der Waals surface area contributed by atoms with E-state index in [2.05, 4.69) is 64.5 Å². The first-order valence-electron chi connectivity index (χ1n) is 7.42. The molecule has 0 spiro atoms. The van der Waals surface area contributed by atoms with Gasteiger partial charge in [0.25, 0.3) is 0 Å². The lowest BCUT2D eigenvalue weighted by Crippen LogP contribution is -2.57. The van der Waals surface area contributed by atoms with Crippen LogP contribution in [0.5, 0.6) is 0 Å². The highest BCUT2D eigenvalue weighted by Gasteiger charge is 2.33. The lowest BCUT2D eigenvalue weighted by atomic mass is 9.95. The molecule has 0 saturated carbocycles. The van der Waals surface area contributed by atoms with E-state index >= 15 is 0 Å². The van der Waals surface area contributed by atoms with E-state index in [1.807, 2.05) is 11.7 Å². The number of hydrogen-bond acceptors (Lipinski definition) is 4. The Balaban J connectivity index is 1.85. The second kappa shape index (κ2) is 5.58. The zero-order valence-corrected chi connectivity index (χ0v) is 13.0. The first kappa shape index (κ1) is 14.2. The summed E-state index contributed by atoms with van der Waals surface area (Å²) < 4.78 is 1.86. The molecule has 0 bridgehead atoms. The Morgan fingerprint density at radius 3 is 2.71 bits per heavy atom. The average molecular weight is 285 g/mol. The molecule has 1 aliphatic heterocycles. The molecule has 1 fully saturated rings. The fourth-order valence-electron chi connectivity index (χ4n) is 2.99. The maximum Gasteiger partial charge on any atom is 0.140 e. The van der Waals surface area contributed by atoms with Crippen molar-refractivity contribution in [2.75, 3.05) is 13.1 Å². The van der Waals surface area contributed by atoms with Crippen molar-refractivity contribution < 1.29 is 0 Å². The van der Waals surface area contributed by atoms with E-state index in [1.165, 1.54) is 5.56 Å². The number of aromatic nitrogens is 3. The average Bonchev–Trinajstić information content (AvgIpc) is 2.85. The minimum atomic E-state index is 0.115. The van der Waals surface area contributed by atoms with Crippen LogP contribution in [0.4, 0.5) is 0 Å². The van der Waals surface area contributed by atoms with E-state index in [1.54, 1.807) is 6.33 Å². The molecule has 21 heavy (non-hydrogen) atoms. The van der Waals surface area contributed by atoms with Crippen molar-refractivity contribution in [3.63, 3.8) is 0 Å². The number of hydrogen-bond donors (Lipinski definition) is 1. The van der Waals surface area contributed by atoms with Crippen molar-refractivity contribution in [3.8, 4) is 0 Å². The molecule has 1 atom stereocenters. The van der Waals surface area contributed by atoms with Gasteiger partial charge in [-0.1, -0.05) is 30.3 Å². The fraction of sp³-hybridized carbons (Fsp3) is 0.500. The Kier molecular flexibility index (Phi) is 3.78. The lowest BCUT2D eigenvalue weighted by Gasteiger charge is -2.44. The smallest absolute Gasteiger partial charge is 0.140 e. The molecule has 1 aromatic carbocycles. The summed E-state index contributed by atoms with van der Waals surface area (Å²) in [5, 5.41) is 7.83. The van der Waals surface area contributed by atoms with Crippen molar-refractivity contribution in [1.82, 2.24) is 25.0 Å². The third-order valence-electron chi connectivity index (χ3n) is 4.15. The molecule has 2 heterocycles. The van der Waals surface area contributed by atoms with Gasteiger partial charge in [-0.25, -0.2) is 4.98 Å². The van der Waals surface area contributed by atoms with E-state index in [-0.39, 0.29) is 5.54 Å². The highest BCUT2D eigenvalue weighted by atomic mass is 15.3. The Labute approximate surface area is 126 Å². The van der Waals surface area contributed by atoms with Crippen LogP contribution in [0, 0.1) is 0 Å². The van der Waals surface area contributed by atoms with E-state index in [0.717, 1.165) is 25.5 Å². The Hall–Kier alpha value is -1.72. The fourth-order valence-corrected chi connectivity index (χ4v) is 2.99. The number of benzene rings is 1. The first-order valence-corrected chi connectivity index (χ1v) is 7.42. The summed E-state index contributed by atoms with van der Waals surface area (Å²) in [6.07, 6.45) is 1.63.